The number of carbonyl (C=O) groups is 1. The van der Waals surface area contributed by atoms with Crippen molar-refractivity contribution in [3.05, 3.63) is 0 Å². The summed E-state index contributed by atoms with van der Waals surface area (Å²) >= 11 is 7.60. The molecule has 0 aromatic carbocycles. The number of fused-ring (bicyclic) bond motifs is 1. The molecule has 3 fully saturated rings. The Balaban J connectivity index is 1.70. The first-order valence-corrected chi connectivity index (χ1v) is 12.9. The highest BCUT2D eigenvalue weighted by Crippen LogP contribution is 2.34. The highest BCUT2D eigenvalue weighted by molar-refractivity contribution is 7.99. The second-order valence-corrected chi connectivity index (χ2v) is 11.0. The fraction of sp³-hybridized carbons (Fsp3) is 0.952. The lowest BCUT2D eigenvalue weighted by atomic mass is 9.83. The van der Waals surface area contributed by atoms with Crippen LogP contribution in [0.1, 0.15) is 33.6 Å². The Morgan fingerprint density at radius 3 is 2.52 bits per heavy atom. The van der Waals surface area contributed by atoms with Crippen LogP contribution in [0.25, 0.3) is 0 Å². The third-order valence-electron chi connectivity index (χ3n) is 7.02. The van der Waals surface area contributed by atoms with E-state index in [4.69, 9.17) is 21.1 Å². The number of carbonyl (C=O) groups excluding carboxylic acids is 1. The summed E-state index contributed by atoms with van der Waals surface area (Å²) in [6.07, 6.45) is -1.40. The lowest BCUT2D eigenvalue weighted by molar-refractivity contribution is -0.205. The molecule has 3 unspecified atom stereocenters. The van der Waals surface area contributed by atoms with E-state index in [1.54, 1.807) is 13.2 Å². The largest absolute Gasteiger partial charge is 0.388 e. The number of rotatable bonds is 6. The van der Waals surface area contributed by atoms with Crippen LogP contribution in [0.4, 0.5) is 0 Å². The third kappa shape index (κ3) is 5.51. The minimum Gasteiger partial charge on any atom is -0.388 e. The van der Waals surface area contributed by atoms with Crippen molar-refractivity contribution in [2.45, 2.75) is 87.0 Å². The minimum atomic E-state index is -1.39. The topological polar surface area (TPSA) is 120 Å². The van der Waals surface area contributed by atoms with Crippen LogP contribution in [0, 0.1) is 17.8 Å². The van der Waals surface area contributed by atoms with Gasteiger partial charge in [-0.2, -0.15) is 0 Å². The number of aliphatic hydroxyl groups is 3. The van der Waals surface area contributed by atoms with E-state index in [1.807, 2.05) is 0 Å². The number of thioether (sulfide) groups is 1. The number of aliphatic hydroxyl groups excluding tert-OH is 3. The Morgan fingerprint density at radius 2 is 1.90 bits per heavy atom. The lowest BCUT2D eigenvalue weighted by Gasteiger charge is -2.44. The molecule has 3 heterocycles. The van der Waals surface area contributed by atoms with E-state index in [-0.39, 0.29) is 17.9 Å². The van der Waals surface area contributed by atoms with Crippen molar-refractivity contribution in [3.8, 4) is 0 Å². The molecule has 0 saturated carbocycles. The predicted molar refractivity (Wildman–Crippen MR) is 120 cm³/mol. The molecular weight excluding hydrogens is 444 g/mol. The fourth-order valence-corrected chi connectivity index (χ4v) is 5.91. The van der Waals surface area contributed by atoms with Gasteiger partial charge in [-0.15, -0.1) is 23.4 Å². The van der Waals surface area contributed by atoms with Gasteiger partial charge in [0.1, 0.15) is 35.9 Å². The van der Waals surface area contributed by atoms with Crippen molar-refractivity contribution in [2.75, 3.05) is 19.4 Å². The van der Waals surface area contributed by atoms with Gasteiger partial charge in [-0.3, -0.25) is 4.79 Å². The van der Waals surface area contributed by atoms with Crippen LogP contribution in [0.3, 0.4) is 0 Å². The minimum absolute atomic E-state index is 0.210. The Bertz CT molecular complexity index is 612. The van der Waals surface area contributed by atoms with Gasteiger partial charge >= 0.3 is 0 Å². The van der Waals surface area contributed by atoms with Crippen LogP contribution in [0.2, 0.25) is 0 Å². The standard InChI is InChI=1S/C21H37ClN2O6S/c1-9(2)11-5-6-29-18-12(7-11)8-23-14(18)20(28)24-13(10(3)22)19-16(26)15(25)17(27)21(30-19)31-4/h9-19,21,23,25-27H,5-8H2,1-4H3,(H,24,28)/t10-,11+,12-,13+,14-,15?,16?,17+,18+,19+,21?/m0/s1. The summed E-state index contributed by atoms with van der Waals surface area (Å²) in [6.45, 7) is 7.51. The molecule has 10 heteroatoms. The van der Waals surface area contributed by atoms with E-state index < -0.39 is 47.3 Å². The van der Waals surface area contributed by atoms with Crippen molar-refractivity contribution >= 4 is 29.3 Å². The quantitative estimate of drug-likeness (QED) is 0.344. The molecule has 0 aromatic heterocycles. The number of alkyl halides is 1. The van der Waals surface area contributed by atoms with Gasteiger partial charge < -0.3 is 35.4 Å². The summed E-state index contributed by atoms with van der Waals surface area (Å²) in [5, 5.41) is 36.6. The van der Waals surface area contributed by atoms with Gasteiger partial charge in [0, 0.05) is 13.2 Å². The van der Waals surface area contributed by atoms with E-state index >= 15 is 0 Å². The molecule has 0 spiro atoms. The summed E-state index contributed by atoms with van der Waals surface area (Å²) < 4.78 is 11.9. The number of halogens is 1. The predicted octanol–water partition coefficient (Wildman–Crippen LogP) is 0.308. The second kappa shape index (κ2) is 10.9. The molecule has 180 valence electrons. The average molecular weight is 481 g/mol. The molecule has 0 aromatic rings. The van der Waals surface area contributed by atoms with Crippen LogP contribution in [0.5, 0.6) is 0 Å². The molecule has 31 heavy (non-hydrogen) atoms. The molecule has 8 nitrogen and oxygen atoms in total. The zero-order chi connectivity index (χ0) is 22.9. The summed E-state index contributed by atoms with van der Waals surface area (Å²) in [7, 11) is 0. The van der Waals surface area contributed by atoms with E-state index in [0.717, 1.165) is 19.4 Å². The Labute approximate surface area is 193 Å². The van der Waals surface area contributed by atoms with Crippen LogP contribution < -0.4 is 10.6 Å². The van der Waals surface area contributed by atoms with Crippen LogP contribution in [0.15, 0.2) is 0 Å². The first-order valence-electron chi connectivity index (χ1n) is 11.2. The molecule has 3 rings (SSSR count). The van der Waals surface area contributed by atoms with Gasteiger partial charge in [-0.25, -0.2) is 0 Å². The molecule has 1 amide bonds. The lowest BCUT2D eigenvalue weighted by Crippen LogP contribution is -2.65. The number of nitrogens with one attached hydrogen (secondary N) is 2. The Hall–Kier alpha value is -0.130. The van der Waals surface area contributed by atoms with Gasteiger partial charge in [0.15, 0.2) is 0 Å². The van der Waals surface area contributed by atoms with Crippen LogP contribution >= 0.6 is 23.4 Å². The van der Waals surface area contributed by atoms with Gasteiger partial charge in [0.25, 0.3) is 0 Å². The van der Waals surface area contributed by atoms with Crippen molar-refractivity contribution in [2.24, 2.45) is 17.8 Å². The van der Waals surface area contributed by atoms with Crippen molar-refractivity contribution < 1.29 is 29.6 Å². The normalized spacial score (nSPS) is 43.2. The van der Waals surface area contributed by atoms with Crippen LogP contribution in [-0.2, 0) is 14.3 Å². The molecular formula is C21H37ClN2O6S. The zero-order valence-corrected chi connectivity index (χ0v) is 20.2. The first-order chi connectivity index (χ1) is 14.6. The van der Waals surface area contributed by atoms with Gasteiger partial charge in [0.05, 0.1) is 17.5 Å². The van der Waals surface area contributed by atoms with Gasteiger partial charge in [0.2, 0.25) is 5.91 Å². The maximum atomic E-state index is 13.2. The molecule has 0 aliphatic carbocycles. The average Bonchev–Trinajstić information content (AvgIpc) is 3.00. The molecule has 0 radical (unpaired) electrons. The number of amides is 1. The monoisotopic (exact) mass is 480 g/mol. The van der Waals surface area contributed by atoms with E-state index in [1.165, 1.54) is 11.8 Å². The van der Waals surface area contributed by atoms with E-state index in [2.05, 4.69) is 24.5 Å². The highest BCUT2D eigenvalue weighted by atomic mass is 35.5. The number of ether oxygens (including phenoxy) is 2. The summed E-state index contributed by atoms with van der Waals surface area (Å²) in [5.41, 5.74) is -0.731. The molecule has 0 bridgehead atoms. The number of hydrogen-bond acceptors (Lipinski definition) is 8. The molecule has 3 aliphatic heterocycles. The first kappa shape index (κ1) is 25.5. The zero-order valence-electron chi connectivity index (χ0n) is 18.6. The highest BCUT2D eigenvalue weighted by Gasteiger charge is 2.49. The maximum Gasteiger partial charge on any atom is 0.240 e. The van der Waals surface area contributed by atoms with Crippen molar-refractivity contribution in [1.29, 1.82) is 0 Å². The fourth-order valence-electron chi connectivity index (χ4n) is 5.02. The molecule has 3 saturated heterocycles. The van der Waals surface area contributed by atoms with Crippen LogP contribution in [-0.4, -0.2) is 94.1 Å². The summed E-state index contributed by atoms with van der Waals surface area (Å²) in [6, 6.07) is -1.27. The maximum absolute atomic E-state index is 13.2. The second-order valence-electron chi connectivity index (χ2n) is 9.40. The summed E-state index contributed by atoms with van der Waals surface area (Å²) in [5.74, 6) is 1.17. The third-order valence-corrected chi connectivity index (χ3v) is 8.15. The van der Waals surface area contributed by atoms with Crippen molar-refractivity contribution in [1.82, 2.24) is 10.6 Å². The smallest absolute Gasteiger partial charge is 0.240 e. The number of hydrogen-bond donors (Lipinski definition) is 5. The summed E-state index contributed by atoms with van der Waals surface area (Å²) in [4.78, 5) is 13.2. The SMILES string of the molecule is CSC1O[C@H]([C@H](NC(=O)[C@H]2NC[C@@H]3C[C@H](C(C)C)CCO[C@H]32)[C@H](C)Cl)C(O)C(O)[C@H]1O. The van der Waals surface area contributed by atoms with Crippen molar-refractivity contribution in [3.63, 3.8) is 0 Å². The molecule has 11 atom stereocenters. The van der Waals surface area contributed by atoms with E-state index in [0.29, 0.717) is 18.4 Å². The molecule has 3 aliphatic rings. The molecule has 5 N–H and O–H groups in total. The Kier molecular flexibility index (Phi) is 8.93. The van der Waals surface area contributed by atoms with Gasteiger partial charge in [-0.05, 0) is 43.8 Å². The van der Waals surface area contributed by atoms with Gasteiger partial charge in [-0.1, -0.05) is 13.8 Å². The Morgan fingerprint density at radius 1 is 1.19 bits per heavy atom. The van der Waals surface area contributed by atoms with E-state index in [9.17, 15) is 20.1 Å².